The van der Waals surface area contributed by atoms with Gasteiger partial charge in [-0.3, -0.25) is 19.3 Å². The molecule has 4 rings (SSSR count). The maximum atomic E-state index is 13.9. The summed E-state index contributed by atoms with van der Waals surface area (Å²) in [6, 6.07) is 18.8. The second-order valence-corrected chi connectivity index (χ2v) is 9.64. The lowest BCUT2D eigenvalue weighted by molar-refractivity contribution is -0.143. The number of rotatable bonds is 9. The fourth-order valence-electron chi connectivity index (χ4n) is 5.42. The first-order valence-corrected chi connectivity index (χ1v) is 12.4. The number of imide groups is 1. The van der Waals surface area contributed by atoms with E-state index < -0.39 is 5.41 Å². The summed E-state index contributed by atoms with van der Waals surface area (Å²) >= 11 is 0. The summed E-state index contributed by atoms with van der Waals surface area (Å²) in [7, 11) is 0. The molecule has 1 N–H and O–H groups in total. The summed E-state index contributed by atoms with van der Waals surface area (Å²) in [5, 5.41) is 9.60. The largest absolute Gasteiger partial charge is 0.395 e. The average Bonchev–Trinajstić information content (AvgIpc) is 3.10. The van der Waals surface area contributed by atoms with E-state index in [1.807, 2.05) is 60.7 Å². The summed E-state index contributed by atoms with van der Waals surface area (Å²) in [6.45, 7) is 0.800. The first kappa shape index (κ1) is 24.1. The lowest BCUT2D eigenvalue weighted by Gasteiger charge is -2.31. The highest BCUT2D eigenvalue weighted by Gasteiger charge is 2.54. The van der Waals surface area contributed by atoms with Crippen LogP contribution in [0.25, 0.3) is 0 Å². The summed E-state index contributed by atoms with van der Waals surface area (Å²) in [4.78, 5) is 43.6. The Morgan fingerprint density at radius 3 is 2.26 bits per heavy atom. The highest BCUT2D eigenvalue weighted by atomic mass is 16.3. The highest BCUT2D eigenvalue weighted by Crippen LogP contribution is 2.41. The second-order valence-electron chi connectivity index (χ2n) is 9.64. The van der Waals surface area contributed by atoms with E-state index in [1.165, 1.54) is 11.3 Å². The number of benzene rings is 2. The van der Waals surface area contributed by atoms with E-state index in [9.17, 15) is 19.5 Å². The zero-order valence-corrected chi connectivity index (χ0v) is 19.7. The summed E-state index contributed by atoms with van der Waals surface area (Å²) in [6.07, 6.45) is 5.48. The molecular weight excluding hydrogens is 428 g/mol. The maximum absolute atomic E-state index is 13.9. The molecule has 0 radical (unpaired) electrons. The Balaban J connectivity index is 1.60. The molecular formula is C28H34N2O4. The van der Waals surface area contributed by atoms with E-state index in [4.69, 9.17) is 0 Å². The van der Waals surface area contributed by atoms with Crippen molar-refractivity contribution >= 4 is 17.7 Å². The number of hydrogen-bond acceptors (Lipinski definition) is 4. The van der Waals surface area contributed by atoms with E-state index in [1.54, 1.807) is 4.90 Å². The Morgan fingerprint density at radius 1 is 0.971 bits per heavy atom. The zero-order valence-electron chi connectivity index (χ0n) is 19.7. The molecule has 1 saturated carbocycles. The molecule has 6 heteroatoms. The number of hydrogen-bond donors (Lipinski definition) is 1. The minimum atomic E-state index is -1.20. The fraction of sp³-hybridized carbons (Fsp3) is 0.464. The molecule has 0 aromatic heterocycles. The molecule has 1 unspecified atom stereocenters. The van der Waals surface area contributed by atoms with Crippen molar-refractivity contribution in [3.8, 4) is 0 Å². The van der Waals surface area contributed by atoms with E-state index >= 15 is 0 Å². The van der Waals surface area contributed by atoms with Gasteiger partial charge in [-0.25, -0.2) is 0 Å². The number of amides is 3. The Labute approximate surface area is 201 Å². The van der Waals surface area contributed by atoms with Crippen molar-refractivity contribution in [3.63, 3.8) is 0 Å². The minimum Gasteiger partial charge on any atom is -0.395 e. The fourth-order valence-corrected chi connectivity index (χ4v) is 5.42. The molecule has 1 atom stereocenters. The van der Waals surface area contributed by atoms with Crippen LogP contribution in [-0.4, -0.2) is 52.3 Å². The number of aliphatic hydroxyl groups is 1. The van der Waals surface area contributed by atoms with Gasteiger partial charge in [0.1, 0.15) is 0 Å². The van der Waals surface area contributed by atoms with Gasteiger partial charge in [0.2, 0.25) is 17.7 Å². The number of aliphatic hydroxyl groups excluding tert-OH is 1. The maximum Gasteiger partial charge on any atom is 0.240 e. The van der Waals surface area contributed by atoms with Gasteiger partial charge in [0, 0.05) is 32.5 Å². The van der Waals surface area contributed by atoms with E-state index in [-0.39, 0.29) is 43.7 Å². The van der Waals surface area contributed by atoms with Crippen LogP contribution in [0.3, 0.4) is 0 Å². The first-order valence-electron chi connectivity index (χ1n) is 12.4. The van der Waals surface area contributed by atoms with Crippen molar-refractivity contribution in [1.29, 1.82) is 0 Å². The minimum absolute atomic E-state index is 0.00656. The molecule has 180 valence electrons. The van der Waals surface area contributed by atoms with Gasteiger partial charge in [0.15, 0.2) is 0 Å². The predicted octanol–water partition coefficient (Wildman–Crippen LogP) is 3.67. The highest BCUT2D eigenvalue weighted by molar-refractivity contribution is 6.10. The van der Waals surface area contributed by atoms with Gasteiger partial charge in [-0.2, -0.15) is 0 Å². The van der Waals surface area contributed by atoms with Crippen molar-refractivity contribution in [2.45, 2.75) is 56.9 Å². The van der Waals surface area contributed by atoms with E-state index in [0.717, 1.165) is 31.2 Å². The van der Waals surface area contributed by atoms with Gasteiger partial charge in [-0.05, 0) is 29.9 Å². The van der Waals surface area contributed by atoms with Crippen molar-refractivity contribution in [2.24, 2.45) is 5.92 Å². The third kappa shape index (κ3) is 5.22. The van der Waals surface area contributed by atoms with Crippen LogP contribution in [0.4, 0.5) is 0 Å². The number of likely N-dealkylation sites (tertiary alicyclic amines) is 1. The second kappa shape index (κ2) is 11.0. The quantitative estimate of drug-likeness (QED) is 0.577. The third-order valence-electron chi connectivity index (χ3n) is 7.29. The molecule has 3 amide bonds. The standard InChI is InChI=1S/C28H34N2O4/c31-17-16-29(20-22-10-4-1-5-11-22)25(32)18-28(24-14-8-3-9-15-24)19-26(33)30(27(28)34)21-23-12-6-2-7-13-23/h1,3-5,8-11,14-15,23,31H,2,6-7,12-13,16-21H2. The Hall–Kier alpha value is -2.99. The van der Waals surface area contributed by atoms with Gasteiger partial charge >= 0.3 is 0 Å². The smallest absolute Gasteiger partial charge is 0.240 e. The molecule has 2 fully saturated rings. The van der Waals surface area contributed by atoms with Crippen LogP contribution in [-0.2, 0) is 26.3 Å². The number of carbonyl (C=O) groups is 3. The average molecular weight is 463 g/mol. The summed E-state index contributed by atoms with van der Waals surface area (Å²) < 4.78 is 0. The number of carbonyl (C=O) groups excluding carboxylic acids is 3. The van der Waals surface area contributed by atoms with Crippen molar-refractivity contribution in [2.75, 3.05) is 19.7 Å². The Kier molecular flexibility index (Phi) is 7.78. The molecule has 2 aliphatic rings. The van der Waals surface area contributed by atoms with Crippen molar-refractivity contribution < 1.29 is 19.5 Å². The van der Waals surface area contributed by atoms with Crippen LogP contribution in [0, 0.1) is 5.92 Å². The lowest BCUT2D eigenvalue weighted by atomic mass is 9.75. The zero-order chi connectivity index (χ0) is 24.0. The molecule has 0 spiro atoms. The molecule has 1 heterocycles. The van der Waals surface area contributed by atoms with Crippen LogP contribution in [0.2, 0.25) is 0 Å². The van der Waals surface area contributed by atoms with Gasteiger partial charge < -0.3 is 10.0 Å². The van der Waals surface area contributed by atoms with Crippen LogP contribution in [0.5, 0.6) is 0 Å². The van der Waals surface area contributed by atoms with Gasteiger partial charge in [0.25, 0.3) is 0 Å². The predicted molar refractivity (Wildman–Crippen MR) is 130 cm³/mol. The van der Waals surface area contributed by atoms with Crippen LogP contribution < -0.4 is 0 Å². The molecule has 0 bridgehead atoms. The molecule has 1 aliphatic carbocycles. The van der Waals surface area contributed by atoms with Gasteiger partial charge in [0.05, 0.1) is 12.0 Å². The number of nitrogens with zero attached hydrogens (tertiary/aromatic N) is 2. The Morgan fingerprint density at radius 2 is 1.62 bits per heavy atom. The summed E-state index contributed by atoms with van der Waals surface area (Å²) in [5.74, 6) is -0.342. The monoisotopic (exact) mass is 462 g/mol. The van der Waals surface area contributed by atoms with Crippen LogP contribution in [0.15, 0.2) is 60.7 Å². The normalized spacial score (nSPS) is 21.1. The lowest BCUT2D eigenvalue weighted by Crippen LogP contribution is -2.45. The van der Waals surface area contributed by atoms with E-state index in [0.29, 0.717) is 24.6 Å². The van der Waals surface area contributed by atoms with Gasteiger partial charge in [-0.1, -0.05) is 79.9 Å². The molecule has 2 aromatic rings. The van der Waals surface area contributed by atoms with Crippen LogP contribution in [0.1, 0.15) is 56.1 Å². The third-order valence-corrected chi connectivity index (χ3v) is 7.29. The molecule has 2 aromatic carbocycles. The summed E-state index contributed by atoms with van der Waals surface area (Å²) in [5.41, 5.74) is 0.455. The topological polar surface area (TPSA) is 77.9 Å². The van der Waals surface area contributed by atoms with Crippen LogP contribution >= 0.6 is 0 Å². The SMILES string of the molecule is O=C(CC1(c2ccccc2)CC(=O)N(CC2CCCCC2)C1=O)N(CCO)Cc1ccccc1. The molecule has 6 nitrogen and oxygen atoms in total. The molecule has 1 saturated heterocycles. The Bertz CT molecular complexity index is 988. The van der Waals surface area contributed by atoms with Crippen molar-refractivity contribution in [3.05, 3.63) is 71.8 Å². The first-order chi connectivity index (χ1) is 16.5. The molecule has 1 aliphatic heterocycles. The molecule has 34 heavy (non-hydrogen) atoms. The van der Waals surface area contributed by atoms with E-state index in [2.05, 4.69) is 0 Å². The van der Waals surface area contributed by atoms with Gasteiger partial charge in [-0.15, -0.1) is 0 Å². The van der Waals surface area contributed by atoms with Crippen molar-refractivity contribution in [1.82, 2.24) is 9.80 Å².